The zero-order valence-electron chi connectivity index (χ0n) is 9.97. The smallest absolute Gasteiger partial charge is 0.255 e. The van der Waals surface area contributed by atoms with Crippen molar-refractivity contribution in [2.45, 2.75) is 6.61 Å². The summed E-state index contributed by atoms with van der Waals surface area (Å²) >= 11 is 0. The molecule has 0 aliphatic heterocycles. The molecular formula is C12H11NO2. The van der Waals surface area contributed by atoms with Crippen LogP contribution in [0.2, 0.25) is 0 Å². The quantitative estimate of drug-likeness (QED) is 0.800. The molecule has 0 unspecified atom stereocenters. The monoisotopic (exact) mass is 203 g/mol. The maximum atomic E-state index is 11.8. The minimum atomic E-state index is -0.557. The fourth-order valence-electron chi connectivity index (χ4n) is 1.30. The molecule has 0 saturated heterocycles. The molecule has 1 heterocycles. The molecule has 76 valence electrons. The third-order valence-corrected chi connectivity index (χ3v) is 2.04. The van der Waals surface area contributed by atoms with Crippen molar-refractivity contribution in [3.63, 3.8) is 0 Å². The molecule has 3 heteroatoms. The van der Waals surface area contributed by atoms with Crippen LogP contribution in [0.1, 0.15) is 8.30 Å². The fraction of sp³-hybridized carbons (Fsp3) is 0.0833. The summed E-state index contributed by atoms with van der Waals surface area (Å²) in [7, 11) is 0. The number of aromatic nitrogens is 1. The highest BCUT2D eigenvalue weighted by atomic mass is 16.3. The van der Waals surface area contributed by atoms with Crippen molar-refractivity contribution in [1.82, 2.24) is 4.57 Å². The van der Waals surface area contributed by atoms with E-state index >= 15 is 0 Å². The van der Waals surface area contributed by atoms with E-state index in [1.807, 2.05) is 6.07 Å². The van der Waals surface area contributed by atoms with Crippen LogP contribution in [-0.2, 0) is 6.61 Å². The summed E-state index contributed by atoms with van der Waals surface area (Å²) in [5.41, 5.74) is 0.317. The number of para-hydroxylation sites is 1. The van der Waals surface area contributed by atoms with E-state index in [4.69, 9.17) is 7.85 Å². The number of hydrogen-bond acceptors (Lipinski definition) is 2. The van der Waals surface area contributed by atoms with Crippen LogP contribution >= 0.6 is 0 Å². The predicted octanol–water partition coefficient (Wildman–Crippen LogP) is 1.33. The van der Waals surface area contributed by atoms with Crippen LogP contribution in [0.25, 0.3) is 5.69 Å². The summed E-state index contributed by atoms with van der Waals surface area (Å²) in [6.07, 6.45) is 1.40. The van der Waals surface area contributed by atoms with Gasteiger partial charge in [0.25, 0.3) is 5.56 Å². The molecule has 0 radical (unpaired) electrons. The molecule has 1 aromatic heterocycles. The van der Waals surface area contributed by atoms with Gasteiger partial charge in [-0.15, -0.1) is 0 Å². The second-order valence-corrected chi connectivity index (χ2v) is 3.07. The first-order valence-corrected chi connectivity index (χ1v) is 4.53. The van der Waals surface area contributed by atoms with Crippen molar-refractivity contribution in [2.75, 3.05) is 0 Å². The molecule has 0 saturated carbocycles. The molecule has 0 aliphatic rings. The van der Waals surface area contributed by atoms with E-state index in [-0.39, 0.29) is 18.2 Å². The first kappa shape index (κ1) is 7.43. The lowest BCUT2D eigenvalue weighted by Gasteiger charge is -2.06. The summed E-state index contributed by atoms with van der Waals surface area (Å²) in [6, 6.07) is 8.21. The highest BCUT2D eigenvalue weighted by molar-refractivity contribution is 5.32. The molecule has 15 heavy (non-hydrogen) atoms. The zero-order chi connectivity index (χ0) is 12.4. The number of nitrogens with zero attached hydrogens (tertiary/aromatic N) is 1. The molecule has 0 spiro atoms. The molecule has 0 bridgehead atoms. The second kappa shape index (κ2) is 4.11. The number of rotatable bonds is 2. The first-order valence-electron chi connectivity index (χ1n) is 5.53. The van der Waals surface area contributed by atoms with Gasteiger partial charge in [-0.2, -0.15) is 0 Å². The van der Waals surface area contributed by atoms with E-state index in [9.17, 15) is 4.79 Å². The van der Waals surface area contributed by atoms with Crippen molar-refractivity contribution < 1.29 is 7.85 Å². The Kier molecular flexibility index (Phi) is 2.03. The minimum absolute atomic E-state index is 0.218. The maximum Gasteiger partial charge on any atom is 0.255 e. The van der Waals surface area contributed by atoms with Gasteiger partial charge in [0.2, 0.25) is 0 Å². The molecule has 0 aliphatic carbocycles. The lowest BCUT2D eigenvalue weighted by molar-refractivity contribution is 0.281. The van der Waals surface area contributed by atoms with Gasteiger partial charge in [-0.05, 0) is 23.7 Å². The summed E-state index contributed by atoms with van der Waals surface area (Å²) < 4.78 is 16.4. The zero-order valence-corrected chi connectivity index (χ0v) is 7.97. The van der Waals surface area contributed by atoms with Crippen molar-refractivity contribution in [3.05, 3.63) is 64.5 Å². The van der Waals surface area contributed by atoms with Gasteiger partial charge in [-0.1, -0.05) is 18.2 Å². The van der Waals surface area contributed by atoms with E-state index in [1.165, 1.54) is 10.8 Å². The SMILES string of the molecule is [2H]c1c(CO)cn(-c2ccccc2)c(=O)c1[2H]. The standard InChI is InChI=1S/C12H11NO2/c14-9-10-6-7-12(15)13(8-10)11-4-2-1-3-5-11/h1-8,14H,9H2/i6D,7D. The van der Waals surface area contributed by atoms with E-state index < -0.39 is 11.6 Å². The van der Waals surface area contributed by atoms with E-state index in [2.05, 4.69) is 0 Å². The summed E-state index contributed by atoms with van der Waals surface area (Å²) in [4.78, 5) is 11.8. The Morgan fingerprint density at radius 3 is 2.67 bits per heavy atom. The number of aliphatic hydroxyl groups excluding tert-OH is 1. The summed E-state index contributed by atoms with van der Waals surface area (Å²) in [5.74, 6) is 0. The summed E-state index contributed by atoms with van der Waals surface area (Å²) in [5, 5.41) is 9.09. The molecule has 2 rings (SSSR count). The van der Waals surface area contributed by atoms with Gasteiger partial charge in [-0.3, -0.25) is 9.36 Å². The van der Waals surface area contributed by atoms with Crippen molar-refractivity contribution in [3.8, 4) is 5.69 Å². The number of pyridine rings is 1. The molecule has 1 N–H and O–H groups in total. The maximum absolute atomic E-state index is 11.8. The Bertz CT molecular complexity index is 593. The number of hydrogen-bond donors (Lipinski definition) is 1. The van der Waals surface area contributed by atoms with Gasteiger partial charge in [0.15, 0.2) is 0 Å². The van der Waals surface area contributed by atoms with E-state index in [1.54, 1.807) is 24.3 Å². The molecular weight excluding hydrogens is 190 g/mol. The van der Waals surface area contributed by atoms with Crippen LogP contribution in [0.15, 0.2) is 53.4 Å². The van der Waals surface area contributed by atoms with Crippen molar-refractivity contribution in [2.24, 2.45) is 0 Å². The van der Waals surface area contributed by atoms with Crippen LogP contribution < -0.4 is 5.56 Å². The number of benzene rings is 1. The lowest BCUT2D eigenvalue weighted by atomic mass is 10.2. The van der Waals surface area contributed by atoms with Gasteiger partial charge in [0.1, 0.15) is 0 Å². The van der Waals surface area contributed by atoms with Gasteiger partial charge < -0.3 is 5.11 Å². The molecule has 0 fully saturated rings. The number of aliphatic hydroxyl groups is 1. The van der Waals surface area contributed by atoms with Gasteiger partial charge >= 0.3 is 0 Å². The molecule has 3 nitrogen and oxygen atoms in total. The van der Waals surface area contributed by atoms with E-state index in [0.29, 0.717) is 5.69 Å². The minimum Gasteiger partial charge on any atom is -0.392 e. The van der Waals surface area contributed by atoms with Crippen LogP contribution in [0, 0.1) is 0 Å². The third kappa shape index (κ3) is 1.97. The second-order valence-electron chi connectivity index (χ2n) is 3.07. The van der Waals surface area contributed by atoms with Gasteiger partial charge in [-0.25, -0.2) is 0 Å². The lowest BCUT2D eigenvalue weighted by Crippen LogP contribution is -2.16. The van der Waals surface area contributed by atoms with Crippen LogP contribution in [0.5, 0.6) is 0 Å². The van der Waals surface area contributed by atoms with Crippen LogP contribution in [0.3, 0.4) is 0 Å². The molecule has 0 amide bonds. The third-order valence-electron chi connectivity index (χ3n) is 2.04. The highest BCUT2D eigenvalue weighted by Crippen LogP contribution is 2.05. The largest absolute Gasteiger partial charge is 0.392 e. The van der Waals surface area contributed by atoms with Crippen LogP contribution in [0.4, 0.5) is 0 Å². The molecule has 2 aromatic rings. The fourth-order valence-corrected chi connectivity index (χ4v) is 1.30. The summed E-state index contributed by atoms with van der Waals surface area (Å²) in [6.45, 7) is -0.363. The Morgan fingerprint density at radius 2 is 2.00 bits per heavy atom. The Balaban J connectivity index is 2.72. The first-order chi connectivity index (χ1) is 8.15. The average Bonchev–Trinajstić information content (AvgIpc) is 2.37. The van der Waals surface area contributed by atoms with Crippen molar-refractivity contribution >= 4 is 0 Å². The molecule has 1 aromatic carbocycles. The topological polar surface area (TPSA) is 42.2 Å². The predicted molar refractivity (Wildman–Crippen MR) is 58.0 cm³/mol. The Hall–Kier alpha value is -1.87. The molecule has 0 atom stereocenters. The van der Waals surface area contributed by atoms with Gasteiger partial charge in [0.05, 0.1) is 9.35 Å². The highest BCUT2D eigenvalue weighted by Gasteiger charge is 1.99. The van der Waals surface area contributed by atoms with Gasteiger partial charge in [0, 0.05) is 17.9 Å². The van der Waals surface area contributed by atoms with E-state index in [0.717, 1.165) is 0 Å². The normalized spacial score (nSPS) is 12.1. The average molecular weight is 203 g/mol. The van der Waals surface area contributed by atoms with Crippen LogP contribution in [-0.4, -0.2) is 9.67 Å². The van der Waals surface area contributed by atoms with Crippen molar-refractivity contribution in [1.29, 1.82) is 0 Å². The Labute approximate surface area is 90.0 Å². The Morgan fingerprint density at radius 1 is 1.27 bits per heavy atom.